The molecule has 7 heteroatoms. The second kappa shape index (κ2) is 7.14. The van der Waals surface area contributed by atoms with Crippen molar-refractivity contribution in [3.8, 4) is 0 Å². The lowest BCUT2D eigenvalue weighted by Crippen LogP contribution is -2.31. The summed E-state index contributed by atoms with van der Waals surface area (Å²) in [6.45, 7) is 3.81. The van der Waals surface area contributed by atoms with Crippen LogP contribution in [0.2, 0.25) is 0 Å². The van der Waals surface area contributed by atoms with Crippen LogP contribution in [-0.4, -0.2) is 46.0 Å². The number of ketones is 1. The molecule has 0 saturated carbocycles. The number of amides is 1. The van der Waals surface area contributed by atoms with Crippen LogP contribution in [-0.2, 0) is 11.8 Å². The van der Waals surface area contributed by atoms with Gasteiger partial charge in [0.15, 0.2) is 5.78 Å². The van der Waals surface area contributed by atoms with E-state index in [0.717, 1.165) is 25.9 Å². The third kappa shape index (κ3) is 3.76. The van der Waals surface area contributed by atoms with Gasteiger partial charge in [-0.05, 0) is 45.0 Å². The smallest absolute Gasteiger partial charge is 0.239 e. The van der Waals surface area contributed by atoms with Crippen LogP contribution < -0.4 is 5.32 Å². The standard InChI is InChI=1S/C18H21FN4O2/c1-12-16(17(25)13-6-5-7-14(19)10-13)18(22(2)21-12)20-15(24)11-23-8-3-4-9-23/h5-7,10H,3-4,8-9,11H2,1-2H3,(H,20,24). The first kappa shape index (κ1) is 17.3. The van der Waals surface area contributed by atoms with Gasteiger partial charge in [-0.25, -0.2) is 4.39 Å². The molecule has 0 bridgehead atoms. The number of carbonyl (C=O) groups excluding carboxylic acids is 2. The molecule has 0 atom stereocenters. The van der Waals surface area contributed by atoms with E-state index in [2.05, 4.69) is 15.3 Å². The first-order valence-electron chi connectivity index (χ1n) is 8.32. The largest absolute Gasteiger partial charge is 0.309 e. The number of nitrogens with one attached hydrogen (secondary N) is 1. The van der Waals surface area contributed by atoms with Crippen molar-refractivity contribution in [2.24, 2.45) is 7.05 Å². The highest BCUT2D eigenvalue weighted by Gasteiger charge is 2.24. The molecular formula is C18H21FN4O2. The molecule has 25 heavy (non-hydrogen) atoms. The maximum absolute atomic E-state index is 13.4. The van der Waals surface area contributed by atoms with Gasteiger partial charge >= 0.3 is 0 Å². The van der Waals surface area contributed by atoms with Gasteiger partial charge in [0.2, 0.25) is 5.91 Å². The molecule has 0 spiro atoms. The molecular weight excluding hydrogens is 323 g/mol. The summed E-state index contributed by atoms with van der Waals surface area (Å²) in [6.07, 6.45) is 2.20. The molecule has 2 aromatic rings. The molecule has 132 valence electrons. The molecule has 1 aromatic carbocycles. The van der Waals surface area contributed by atoms with E-state index in [-0.39, 0.29) is 23.8 Å². The van der Waals surface area contributed by atoms with E-state index >= 15 is 0 Å². The minimum atomic E-state index is -0.480. The first-order valence-corrected chi connectivity index (χ1v) is 8.32. The Hall–Kier alpha value is -2.54. The summed E-state index contributed by atoms with van der Waals surface area (Å²) in [5, 5.41) is 7.04. The quantitative estimate of drug-likeness (QED) is 0.844. The van der Waals surface area contributed by atoms with Gasteiger partial charge in [-0.15, -0.1) is 0 Å². The van der Waals surface area contributed by atoms with Crippen molar-refractivity contribution in [2.75, 3.05) is 25.0 Å². The fourth-order valence-corrected chi connectivity index (χ4v) is 3.16. The van der Waals surface area contributed by atoms with Crippen LogP contribution in [0.5, 0.6) is 0 Å². The molecule has 2 heterocycles. The third-order valence-corrected chi connectivity index (χ3v) is 4.36. The van der Waals surface area contributed by atoms with Crippen LogP contribution in [0.15, 0.2) is 24.3 Å². The molecule has 1 aromatic heterocycles. The third-order valence-electron chi connectivity index (χ3n) is 4.36. The second-order valence-corrected chi connectivity index (χ2v) is 6.30. The summed E-state index contributed by atoms with van der Waals surface area (Å²) in [5.41, 5.74) is 1.02. The van der Waals surface area contributed by atoms with E-state index in [1.165, 1.54) is 22.9 Å². The van der Waals surface area contributed by atoms with Crippen LogP contribution in [0.1, 0.15) is 34.5 Å². The monoisotopic (exact) mass is 344 g/mol. The van der Waals surface area contributed by atoms with Gasteiger partial charge in [0, 0.05) is 12.6 Å². The van der Waals surface area contributed by atoms with Gasteiger partial charge in [0.25, 0.3) is 0 Å². The Balaban J connectivity index is 1.85. The molecule has 0 aliphatic carbocycles. The number of rotatable bonds is 5. The lowest BCUT2D eigenvalue weighted by molar-refractivity contribution is -0.117. The van der Waals surface area contributed by atoms with Crippen molar-refractivity contribution in [1.29, 1.82) is 0 Å². The molecule has 1 fully saturated rings. The van der Waals surface area contributed by atoms with Gasteiger partial charge < -0.3 is 5.32 Å². The number of nitrogens with zero attached hydrogens (tertiary/aromatic N) is 3. The van der Waals surface area contributed by atoms with E-state index in [1.54, 1.807) is 20.0 Å². The summed E-state index contributed by atoms with van der Waals surface area (Å²) >= 11 is 0. The van der Waals surface area contributed by atoms with Gasteiger partial charge in [0.05, 0.1) is 17.8 Å². The highest BCUT2D eigenvalue weighted by Crippen LogP contribution is 2.23. The van der Waals surface area contributed by atoms with E-state index in [9.17, 15) is 14.0 Å². The highest BCUT2D eigenvalue weighted by molar-refractivity contribution is 6.14. The number of hydrogen-bond donors (Lipinski definition) is 1. The summed E-state index contributed by atoms with van der Waals surface area (Å²) in [5.74, 6) is -0.678. The summed E-state index contributed by atoms with van der Waals surface area (Å²) < 4.78 is 14.9. The Labute approximate surface area is 145 Å². The molecule has 0 radical (unpaired) electrons. The lowest BCUT2D eigenvalue weighted by atomic mass is 10.0. The van der Waals surface area contributed by atoms with Crippen LogP contribution in [0, 0.1) is 12.7 Å². The predicted molar refractivity (Wildman–Crippen MR) is 92.1 cm³/mol. The summed E-state index contributed by atoms with van der Waals surface area (Å²) in [6, 6.07) is 5.50. The van der Waals surface area contributed by atoms with Gasteiger partial charge in [-0.1, -0.05) is 12.1 Å². The van der Waals surface area contributed by atoms with Crippen LogP contribution in [0.3, 0.4) is 0 Å². The van der Waals surface area contributed by atoms with Crippen molar-refractivity contribution >= 4 is 17.5 Å². The van der Waals surface area contributed by atoms with Crippen LogP contribution in [0.25, 0.3) is 0 Å². The van der Waals surface area contributed by atoms with E-state index in [1.807, 2.05) is 0 Å². The normalized spacial score (nSPS) is 14.7. The van der Waals surface area contributed by atoms with Crippen LogP contribution >= 0.6 is 0 Å². The first-order chi connectivity index (χ1) is 12.0. The van der Waals surface area contributed by atoms with Gasteiger partial charge in [-0.2, -0.15) is 5.10 Å². The maximum atomic E-state index is 13.4. The molecule has 1 saturated heterocycles. The number of carbonyl (C=O) groups is 2. The average molecular weight is 344 g/mol. The van der Waals surface area contributed by atoms with E-state index in [4.69, 9.17) is 0 Å². The maximum Gasteiger partial charge on any atom is 0.239 e. The lowest BCUT2D eigenvalue weighted by Gasteiger charge is -2.15. The van der Waals surface area contributed by atoms with Gasteiger partial charge in [0.1, 0.15) is 11.6 Å². The number of halogens is 1. The molecule has 3 rings (SSSR count). The Bertz CT molecular complexity index is 809. The van der Waals surface area contributed by atoms with Gasteiger partial charge in [-0.3, -0.25) is 19.2 Å². The van der Waals surface area contributed by atoms with Crippen molar-refractivity contribution in [3.63, 3.8) is 0 Å². The second-order valence-electron chi connectivity index (χ2n) is 6.30. The van der Waals surface area contributed by atoms with Crippen molar-refractivity contribution < 1.29 is 14.0 Å². The molecule has 1 aliphatic heterocycles. The number of hydrogen-bond acceptors (Lipinski definition) is 4. The fraction of sp³-hybridized carbons (Fsp3) is 0.389. The number of anilines is 1. The topological polar surface area (TPSA) is 67.2 Å². The zero-order chi connectivity index (χ0) is 18.0. The Morgan fingerprint density at radius 2 is 2.00 bits per heavy atom. The number of benzene rings is 1. The zero-order valence-electron chi connectivity index (χ0n) is 14.4. The predicted octanol–water partition coefficient (Wildman–Crippen LogP) is 2.13. The fourth-order valence-electron chi connectivity index (χ4n) is 3.16. The minimum absolute atomic E-state index is 0.182. The Morgan fingerprint density at radius 1 is 1.28 bits per heavy atom. The molecule has 1 N–H and O–H groups in total. The summed E-state index contributed by atoms with van der Waals surface area (Å²) in [4.78, 5) is 27.2. The van der Waals surface area contributed by atoms with Crippen molar-refractivity contribution in [1.82, 2.24) is 14.7 Å². The molecule has 0 unspecified atom stereocenters. The van der Waals surface area contributed by atoms with E-state index in [0.29, 0.717) is 17.1 Å². The number of likely N-dealkylation sites (tertiary alicyclic amines) is 1. The molecule has 6 nitrogen and oxygen atoms in total. The number of aromatic nitrogens is 2. The minimum Gasteiger partial charge on any atom is -0.309 e. The Kier molecular flexibility index (Phi) is 4.94. The van der Waals surface area contributed by atoms with Crippen LogP contribution in [0.4, 0.5) is 10.2 Å². The zero-order valence-corrected chi connectivity index (χ0v) is 14.4. The highest BCUT2D eigenvalue weighted by atomic mass is 19.1. The average Bonchev–Trinajstić information content (AvgIpc) is 3.15. The molecule has 1 aliphatic rings. The number of aryl methyl sites for hydroxylation is 2. The van der Waals surface area contributed by atoms with E-state index < -0.39 is 5.82 Å². The summed E-state index contributed by atoms with van der Waals surface area (Å²) in [7, 11) is 1.67. The molecule has 1 amide bonds. The van der Waals surface area contributed by atoms with Crippen molar-refractivity contribution in [2.45, 2.75) is 19.8 Å². The SMILES string of the molecule is Cc1nn(C)c(NC(=O)CN2CCCC2)c1C(=O)c1cccc(F)c1. The Morgan fingerprint density at radius 3 is 2.68 bits per heavy atom. The van der Waals surface area contributed by atoms with Crippen molar-refractivity contribution in [3.05, 3.63) is 46.9 Å².